The third-order valence-electron chi connectivity index (χ3n) is 3.18. The van der Waals surface area contributed by atoms with E-state index in [1.54, 1.807) is 6.21 Å². The molecule has 3 rings (SSSR count). The fraction of sp³-hybridized carbons (Fsp3) is 0.0588. The first-order chi connectivity index (χ1) is 13.1. The second kappa shape index (κ2) is 8.90. The second-order valence-electron chi connectivity index (χ2n) is 5.21. The number of halogens is 2. The Balaban J connectivity index is 1.48. The van der Waals surface area contributed by atoms with Crippen molar-refractivity contribution in [2.75, 3.05) is 16.5 Å². The Morgan fingerprint density at radius 1 is 1.22 bits per heavy atom. The SMILES string of the molecule is O=C(CSc1n[nH]c(N/N=C\c2ccccc2)n1)Nc1cc(F)ccc1F. The lowest BCUT2D eigenvalue weighted by Crippen LogP contribution is -2.15. The van der Waals surface area contributed by atoms with E-state index in [0.717, 1.165) is 35.5 Å². The molecule has 138 valence electrons. The fourth-order valence-corrected chi connectivity index (χ4v) is 2.58. The summed E-state index contributed by atoms with van der Waals surface area (Å²) in [6.07, 6.45) is 1.62. The molecule has 0 aliphatic rings. The lowest BCUT2D eigenvalue weighted by Gasteiger charge is -2.05. The van der Waals surface area contributed by atoms with Gasteiger partial charge in [0.2, 0.25) is 17.0 Å². The van der Waals surface area contributed by atoms with Crippen LogP contribution in [0.15, 0.2) is 58.8 Å². The Labute approximate surface area is 157 Å². The van der Waals surface area contributed by atoms with Crippen molar-refractivity contribution in [3.05, 3.63) is 65.7 Å². The molecule has 0 radical (unpaired) electrons. The summed E-state index contributed by atoms with van der Waals surface area (Å²) in [5.41, 5.74) is 3.39. The minimum Gasteiger partial charge on any atom is -0.323 e. The molecule has 1 heterocycles. The van der Waals surface area contributed by atoms with Gasteiger partial charge in [0.15, 0.2) is 0 Å². The number of hydrazone groups is 1. The number of benzene rings is 2. The van der Waals surface area contributed by atoms with E-state index in [1.165, 1.54) is 0 Å². The molecule has 10 heteroatoms. The quantitative estimate of drug-likeness (QED) is 0.328. The number of H-pyrrole nitrogens is 1. The first-order valence-corrected chi connectivity index (χ1v) is 8.73. The topological polar surface area (TPSA) is 95.1 Å². The van der Waals surface area contributed by atoms with E-state index in [0.29, 0.717) is 11.1 Å². The molecular formula is C17H14F2N6OS. The minimum absolute atomic E-state index is 0.0689. The molecule has 0 spiro atoms. The molecule has 0 saturated heterocycles. The van der Waals surface area contributed by atoms with Crippen LogP contribution in [-0.2, 0) is 4.79 Å². The molecule has 0 aliphatic carbocycles. The van der Waals surface area contributed by atoms with Gasteiger partial charge in [-0.05, 0) is 17.7 Å². The molecular weight excluding hydrogens is 374 g/mol. The molecule has 27 heavy (non-hydrogen) atoms. The third kappa shape index (κ3) is 5.61. The summed E-state index contributed by atoms with van der Waals surface area (Å²) in [6, 6.07) is 12.3. The van der Waals surface area contributed by atoms with Crippen LogP contribution < -0.4 is 10.7 Å². The first-order valence-electron chi connectivity index (χ1n) is 7.74. The molecule has 0 atom stereocenters. The van der Waals surface area contributed by atoms with Crippen LogP contribution in [0.3, 0.4) is 0 Å². The summed E-state index contributed by atoms with van der Waals surface area (Å²) >= 11 is 1.03. The van der Waals surface area contributed by atoms with Crippen molar-refractivity contribution in [3.63, 3.8) is 0 Å². The first kappa shape index (κ1) is 18.5. The number of hydrogen-bond acceptors (Lipinski definition) is 6. The van der Waals surface area contributed by atoms with E-state index >= 15 is 0 Å². The number of amides is 1. The van der Waals surface area contributed by atoms with Crippen LogP contribution >= 0.6 is 11.8 Å². The maximum atomic E-state index is 13.5. The average molecular weight is 388 g/mol. The summed E-state index contributed by atoms with van der Waals surface area (Å²) in [7, 11) is 0. The summed E-state index contributed by atoms with van der Waals surface area (Å²) in [5.74, 6) is -1.62. The van der Waals surface area contributed by atoms with Crippen molar-refractivity contribution < 1.29 is 13.6 Å². The van der Waals surface area contributed by atoms with E-state index in [4.69, 9.17) is 0 Å². The van der Waals surface area contributed by atoms with E-state index < -0.39 is 17.5 Å². The monoisotopic (exact) mass is 388 g/mol. The number of anilines is 2. The lowest BCUT2D eigenvalue weighted by atomic mass is 10.2. The Morgan fingerprint density at radius 2 is 2.04 bits per heavy atom. The summed E-state index contributed by atoms with van der Waals surface area (Å²) in [5, 5.41) is 13.2. The normalized spacial score (nSPS) is 10.9. The highest BCUT2D eigenvalue weighted by molar-refractivity contribution is 7.99. The van der Waals surface area contributed by atoms with Crippen LogP contribution in [0.4, 0.5) is 20.4 Å². The molecule has 3 aromatic rings. The standard InChI is InChI=1S/C17H14F2N6OS/c18-12-6-7-13(19)14(8-12)21-15(26)10-27-17-22-16(24-25-17)23-20-9-11-4-2-1-3-5-11/h1-9H,10H2,(H,21,26)(H2,22,23,24,25)/b20-9-. The van der Waals surface area contributed by atoms with Gasteiger partial charge in [0.05, 0.1) is 17.7 Å². The van der Waals surface area contributed by atoms with Gasteiger partial charge in [0.1, 0.15) is 11.6 Å². The Hall–Kier alpha value is -3.27. The van der Waals surface area contributed by atoms with Crippen molar-refractivity contribution in [3.8, 4) is 0 Å². The minimum atomic E-state index is -0.713. The molecule has 1 aromatic heterocycles. The lowest BCUT2D eigenvalue weighted by molar-refractivity contribution is -0.113. The zero-order chi connectivity index (χ0) is 19.1. The van der Waals surface area contributed by atoms with E-state index in [-0.39, 0.29) is 11.4 Å². The van der Waals surface area contributed by atoms with Crippen molar-refractivity contribution in [1.29, 1.82) is 0 Å². The number of hydrogen-bond donors (Lipinski definition) is 3. The average Bonchev–Trinajstić information content (AvgIpc) is 3.12. The van der Waals surface area contributed by atoms with Crippen LogP contribution in [0.25, 0.3) is 0 Å². The molecule has 7 nitrogen and oxygen atoms in total. The van der Waals surface area contributed by atoms with Crippen molar-refractivity contribution in [2.45, 2.75) is 5.16 Å². The Kier molecular flexibility index (Phi) is 6.10. The Morgan fingerprint density at radius 3 is 2.85 bits per heavy atom. The molecule has 2 aromatic carbocycles. The van der Waals surface area contributed by atoms with E-state index in [2.05, 4.69) is 31.0 Å². The number of aromatic amines is 1. The van der Waals surface area contributed by atoms with Crippen molar-refractivity contribution in [1.82, 2.24) is 15.2 Å². The van der Waals surface area contributed by atoms with Crippen molar-refractivity contribution >= 4 is 35.5 Å². The third-order valence-corrected chi connectivity index (χ3v) is 4.03. The summed E-state index contributed by atoms with van der Waals surface area (Å²) in [6.45, 7) is 0. The Bertz CT molecular complexity index is 948. The van der Waals surface area contributed by atoms with Gasteiger partial charge >= 0.3 is 0 Å². The largest absolute Gasteiger partial charge is 0.323 e. The molecule has 0 saturated carbocycles. The van der Waals surface area contributed by atoms with E-state index in [1.807, 2.05) is 30.3 Å². The number of aromatic nitrogens is 3. The van der Waals surface area contributed by atoms with Crippen LogP contribution in [0.1, 0.15) is 5.56 Å². The number of nitrogens with one attached hydrogen (secondary N) is 3. The number of thioether (sulfide) groups is 1. The van der Waals surface area contributed by atoms with Gasteiger partial charge in [-0.3, -0.25) is 4.79 Å². The maximum Gasteiger partial charge on any atom is 0.240 e. The van der Waals surface area contributed by atoms with Gasteiger partial charge in [0.25, 0.3) is 0 Å². The zero-order valence-electron chi connectivity index (χ0n) is 13.8. The maximum absolute atomic E-state index is 13.5. The second-order valence-corrected chi connectivity index (χ2v) is 6.15. The summed E-state index contributed by atoms with van der Waals surface area (Å²) < 4.78 is 26.6. The van der Waals surface area contributed by atoms with Crippen LogP contribution in [0.2, 0.25) is 0 Å². The number of nitrogens with zero attached hydrogens (tertiary/aromatic N) is 3. The highest BCUT2D eigenvalue weighted by atomic mass is 32.2. The van der Waals surface area contributed by atoms with Crippen LogP contribution in [0, 0.1) is 11.6 Å². The number of rotatable bonds is 7. The smallest absolute Gasteiger partial charge is 0.240 e. The number of carbonyl (C=O) groups is 1. The van der Waals surface area contributed by atoms with Gasteiger partial charge in [-0.25, -0.2) is 19.3 Å². The highest BCUT2D eigenvalue weighted by Gasteiger charge is 2.11. The summed E-state index contributed by atoms with van der Waals surface area (Å²) in [4.78, 5) is 16.0. The van der Waals surface area contributed by atoms with Gasteiger partial charge in [-0.1, -0.05) is 42.1 Å². The van der Waals surface area contributed by atoms with Crippen LogP contribution in [0.5, 0.6) is 0 Å². The van der Waals surface area contributed by atoms with Crippen molar-refractivity contribution in [2.24, 2.45) is 5.10 Å². The van der Waals surface area contributed by atoms with Gasteiger partial charge < -0.3 is 5.32 Å². The molecule has 0 aliphatic heterocycles. The highest BCUT2D eigenvalue weighted by Crippen LogP contribution is 2.18. The fourth-order valence-electron chi connectivity index (χ4n) is 1.98. The molecule has 0 bridgehead atoms. The number of carbonyl (C=O) groups excluding carboxylic acids is 1. The van der Waals surface area contributed by atoms with Gasteiger partial charge in [-0.2, -0.15) is 10.1 Å². The zero-order valence-corrected chi connectivity index (χ0v) is 14.6. The van der Waals surface area contributed by atoms with E-state index in [9.17, 15) is 13.6 Å². The molecule has 0 unspecified atom stereocenters. The molecule has 3 N–H and O–H groups in total. The van der Waals surface area contributed by atoms with Gasteiger partial charge in [-0.15, -0.1) is 5.10 Å². The van der Waals surface area contributed by atoms with Gasteiger partial charge in [0, 0.05) is 6.07 Å². The molecule has 1 amide bonds. The predicted molar refractivity (Wildman–Crippen MR) is 99.8 cm³/mol. The predicted octanol–water partition coefficient (Wildman–Crippen LogP) is 3.26. The molecule has 0 fully saturated rings. The van der Waals surface area contributed by atoms with Crippen LogP contribution in [-0.4, -0.2) is 33.1 Å².